The molecule has 2 aromatic heterocycles. The molecule has 0 saturated carbocycles. The zero-order chi connectivity index (χ0) is 22.5. The van der Waals surface area contributed by atoms with Crippen LogP contribution in [-0.4, -0.2) is 31.1 Å². The normalized spacial score (nSPS) is 11.0. The minimum atomic E-state index is -0.209. The number of amides is 1. The van der Waals surface area contributed by atoms with Crippen LogP contribution >= 0.6 is 0 Å². The van der Waals surface area contributed by atoms with Crippen molar-refractivity contribution < 1.29 is 14.4 Å². The fraction of sp³-hybridized carbons (Fsp3) is 0.208. The third-order valence-corrected chi connectivity index (χ3v) is 4.91. The topological polar surface area (TPSA) is 114 Å². The molecule has 8 nitrogen and oxygen atoms in total. The van der Waals surface area contributed by atoms with Crippen molar-refractivity contribution in [2.45, 2.75) is 32.6 Å². The Bertz CT molecular complexity index is 1200. The molecule has 1 amide bonds. The summed E-state index contributed by atoms with van der Waals surface area (Å²) in [4.78, 5) is 25.1. The molecular weight excluding hydrogens is 406 g/mol. The van der Waals surface area contributed by atoms with Crippen molar-refractivity contribution in [1.82, 2.24) is 20.1 Å². The largest absolute Gasteiger partial charge is 0.508 e. The van der Waals surface area contributed by atoms with Crippen molar-refractivity contribution in [1.29, 1.82) is 0 Å². The van der Waals surface area contributed by atoms with Gasteiger partial charge in [0.05, 0.1) is 18.1 Å². The van der Waals surface area contributed by atoms with Gasteiger partial charge >= 0.3 is 0 Å². The minimum absolute atomic E-state index is 0.139. The van der Waals surface area contributed by atoms with E-state index in [2.05, 4.69) is 51.4 Å². The Morgan fingerprint density at radius 2 is 1.78 bits per heavy atom. The molecule has 2 N–H and O–H groups in total. The summed E-state index contributed by atoms with van der Waals surface area (Å²) in [6.45, 7) is 4.28. The van der Waals surface area contributed by atoms with Crippen LogP contribution in [0.2, 0.25) is 0 Å². The maximum Gasteiger partial charge on any atom is 0.227 e. The summed E-state index contributed by atoms with van der Waals surface area (Å²) in [6, 6.07) is 14.7. The van der Waals surface area contributed by atoms with Gasteiger partial charge in [-0.2, -0.15) is 4.98 Å². The maximum atomic E-state index is 12.3. The summed E-state index contributed by atoms with van der Waals surface area (Å²) in [5, 5.41) is 16.3. The summed E-state index contributed by atoms with van der Waals surface area (Å²) < 4.78 is 5.29. The smallest absolute Gasteiger partial charge is 0.227 e. The van der Waals surface area contributed by atoms with E-state index in [9.17, 15) is 9.90 Å². The third-order valence-electron chi connectivity index (χ3n) is 4.91. The first-order valence-electron chi connectivity index (χ1n) is 10.3. The maximum absolute atomic E-state index is 12.3. The summed E-state index contributed by atoms with van der Waals surface area (Å²) >= 11 is 0. The molecular formula is C24H23N5O3. The molecule has 0 aliphatic carbocycles. The van der Waals surface area contributed by atoms with Crippen molar-refractivity contribution in [2.24, 2.45) is 0 Å². The monoisotopic (exact) mass is 429 g/mol. The van der Waals surface area contributed by atoms with Crippen LogP contribution in [0.25, 0.3) is 22.8 Å². The number of aromatic hydroxyl groups is 1. The molecule has 0 fully saturated rings. The Hall–Kier alpha value is -4.07. The van der Waals surface area contributed by atoms with Gasteiger partial charge in [-0.3, -0.25) is 4.79 Å². The van der Waals surface area contributed by atoms with E-state index in [1.165, 1.54) is 18.0 Å². The van der Waals surface area contributed by atoms with Crippen molar-refractivity contribution in [3.05, 3.63) is 72.4 Å². The number of carbonyl (C=O) groups excluding carboxylic acids is 1. The molecule has 32 heavy (non-hydrogen) atoms. The lowest BCUT2D eigenvalue weighted by Crippen LogP contribution is -2.13. The van der Waals surface area contributed by atoms with Gasteiger partial charge in [-0.25, -0.2) is 9.97 Å². The Morgan fingerprint density at radius 3 is 2.47 bits per heavy atom. The number of aryl methyl sites for hydroxylation is 1. The number of carbonyl (C=O) groups is 1. The predicted molar refractivity (Wildman–Crippen MR) is 120 cm³/mol. The van der Waals surface area contributed by atoms with Gasteiger partial charge in [0.1, 0.15) is 5.75 Å². The zero-order valence-electron chi connectivity index (χ0n) is 17.8. The van der Waals surface area contributed by atoms with Gasteiger partial charge in [0, 0.05) is 24.0 Å². The molecule has 0 saturated heterocycles. The quantitative estimate of drug-likeness (QED) is 0.441. The second-order valence-electron chi connectivity index (χ2n) is 7.68. The number of hydrogen-bond acceptors (Lipinski definition) is 7. The van der Waals surface area contributed by atoms with Crippen LogP contribution in [0.5, 0.6) is 5.75 Å². The van der Waals surface area contributed by atoms with Gasteiger partial charge in [0.2, 0.25) is 17.6 Å². The van der Waals surface area contributed by atoms with Crippen LogP contribution in [0, 0.1) is 0 Å². The first-order chi connectivity index (χ1) is 15.5. The predicted octanol–water partition coefficient (Wildman–Crippen LogP) is 4.59. The lowest BCUT2D eigenvalue weighted by Gasteiger charge is -2.05. The Labute approximate surface area is 185 Å². The SMILES string of the molecule is CC(C)c1ccc(-c2noc(CCC(=O)Nc3cnc(-c4cccc(O)c4)nc3)n2)cc1. The molecule has 2 aromatic carbocycles. The van der Waals surface area contributed by atoms with Gasteiger partial charge in [-0.05, 0) is 23.6 Å². The summed E-state index contributed by atoms with van der Waals surface area (Å²) in [5.41, 5.74) is 3.29. The number of aromatic nitrogens is 4. The van der Waals surface area contributed by atoms with Crippen LogP contribution in [0.1, 0.15) is 37.6 Å². The van der Waals surface area contributed by atoms with Gasteiger partial charge in [0.25, 0.3) is 0 Å². The van der Waals surface area contributed by atoms with Crippen LogP contribution in [-0.2, 0) is 11.2 Å². The highest BCUT2D eigenvalue weighted by atomic mass is 16.5. The average molecular weight is 429 g/mol. The zero-order valence-corrected chi connectivity index (χ0v) is 17.8. The van der Waals surface area contributed by atoms with Gasteiger partial charge in [-0.1, -0.05) is 55.4 Å². The summed E-state index contributed by atoms with van der Waals surface area (Å²) in [7, 11) is 0. The van der Waals surface area contributed by atoms with Crippen LogP contribution in [0.3, 0.4) is 0 Å². The highest BCUT2D eigenvalue weighted by Crippen LogP contribution is 2.22. The number of nitrogens with one attached hydrogen (secondary N) is 1. The number of nitrogens with zero attached hydrogens (tertiary/aromatic N) is 4. The average Bonchev–Trinajstić information content (AvgIpc) is 3.27. The molecule has 0 aliphatic heterocycles. The first kappa shape index (κ1) is 21.2. The standard InChI is InChI=1S/C24H23N5O3/c1-15(2)16-6-8-17(9-7-16)24-28-22(32-29-24)11-10-21(31)27-19-13-25-23(26-14-19)18-4-3-5-20(30)12-18/h3-9,12-15,30H,10-11H2,1-2H3,(H,27,31). The van der Waals surface area contributed by atoms with Gasteiger partial charge in [-0.15, -0.1) is 0 Å². The van der Waals surface area contributed by atoms with E-state index in [1.807, 2.05) is 12.1 Å². The van der Waals surface area contributed by atoms with E-state index in [1.54, 1.807) is 24.3 Å². The Morgan fingerprint density at radius 1 is 1.03 bits per heavy atom. The van der Waals surface area contributed by atoms with E-state index in [4.69, 9.17) is 4.52 Å². The van der Waals surface area contributed by atoms with Gasteiger partial charge in [0.15, 0.2) is 5.82 Å². The number of anilines is 1. The number of phenolic OH excluding ortho intramolecular Hbond substituents is 1. The molecule has 0 bridgehead atoms. The van der Waals surface area contributed by atoms with Crippen molar-refractivity contribution in [2.75, 3.05) is 5.32 Å². The highest BCUT2D eigenvalue weighted by Gasteiger charge is 2.12. The highest BCUT2D eigenvalue weighted by molar-refractivity contribution is 5.90. The van der Waals surface area contributed by atoms with Crippen molar-refractivity contribution in [3.8, 4) is 28.5 Å². The molecule has 4 aromatic rings. The van der Waals surface area contributed by atoms with Crippen LogP contribution in [0.15, 0.2) is 65.4 Å². The van der Waals surface area contributed by atoms with E-state index < -0.39 is 0 Å². The first-order valence-corrected chi connectivity index (χ1v) is 10.3. The molecule has 162 valence electrons. The molecule has 4 rings (SSSR count). The Kier molecular flexibility index (Phi) is 6.21. The van der Waals surface area contributed by atoms with Crippen molar-refractivity contribution in [3.63, 3.8) is 0 Å². The second-order valence-corrected chi connectivity index (χ2v) is 7.68. The fourth-order valence-electron chi connectivity index (χ4n) is 3.12. The lowest BCUT2D eigenvalue weighted by atomic mass is 10.0. The third kappa shape index (κ3) is 5.15. The van der Waals surface area contributed by atoms with E-state index in [-0.39, 0.29) is 18.1 Å². The molecule has 0 atom stereocenters. The number of benzene rings is 2. The molecule has 0 unspecified atom stereocenters. The van der Waals surface area contributed by atoms with E-state index in [0.717, 1.165) is 5.56 Å². The molecule has 8 heteroatoms. The van der Waals surface area contributed by atoms with Crippen molar-refractivity contribution >= 4 is 11.6 Å². The fourth-order valence-corrected chi connectivity index (χ4v) is 3.12. The molecule has 0 radical (unpaired) electrons. The number of phenols is 1. The molecule has 0 aliphatic rings. The van der Waals surface area contributed by atoms with Crippen LogP contribution < -0.4 is 5.32 Å². The minimum Gasteiger partial charge on any atom is -0.508 e. The van der Waals surface area contributed by atoms with E-state index >= 15 is 0 Å². The number of hydrogen-bond donors (Lipinski definition) is 2. The lowest BCUT2D eigenvalue weighted by molar-refractivity contribution is -0.116. The summed E-state index contributed by atoms with van der Waals surface area (Å²) in [5.74, 6) is 1.75. The second kappa shape index (κ2) is 9.38. The van der Waals surface area contributed by atoms with Crippen LogP contribution in [0.4, 0.5) is 5.69 Å². The number of rotatable bonds is 7. The molecule has 2 heterocycles. The van der Waals surface area contributed by atoms with Gasteiger partial charge < -0.3 is 14.9 Å². The molecule has 0 spiro atoms. The Balaban J connectivity index is 1.31. The summed E-state index contributed by atoms with van der Waals surface area (Å²) in [6.07, 6.45) is 3.55. The van der Waals surface area contributed by atoms with E-state index in [0.29, 0.717) is 41.1 Å².